The normalized spacial score (nSPS) is 10.6. The van der Waals surface area contributed by atoms with Crippen LogP contribution in [0.1, 0.15) is 11.1 Å². The molecule has 0 aliphatic carbocycles. The molecule has 0 saturated heterocycles. The smallest absolute Gasteiger partial charge is 0.125 e. The second-order valence-electron chi connectivity index (χ2n) is 3.87. The minimum Gasteiger partial charge on any atom is -0.492 e. The third-order valence-electron chi connectivity index (χ3n) is 2.19. The molecule has 0 spiro atoms. The van der Waals surface area contributed by atoms with Crippen molar-refractivity contribution < 1.29 is 4.74 Å². The van der Waals surface area contributed by atoms with Crippen molar-refractivity contribution in [3.63, 3.8) is 0 Å². The van der Waals surface area contributed by atoms with Crippen LogP contribution in [-0.2, 0) is 0 Å². The minimum atomic E-state index is 0.749. The summed E-state index contributed by atoms with van der Waals surface area (Å²) in [7, 11) is 4.10. The van der Waals surface area contributed by atoms with Crippen molar-refractivity contribution in [3.8, 4) is 5.75 Å². The predicted octanol–water partition coefficient (Wildman–Crippen LogP) is 2.24. The lowest BCUT2D eigenvalue weighted by molar-refractivity contribution is 0.259. The van der Waals surface area contributed by atoms with E-state index in [9.17, 15) is 0 Å². The van der Waals surface area contributed by atoms with Crippen LogP contribution in [0.5, 0.6) is 5.75 Å². The largest absolute Gasteiger partial charge is 0.492 e. The van der Waals surface area contributed by atoms with Crippen molar-refractivity contribution in [2.24, 2.45) is 0 Å². The maximum atomic E-state index is 5.74. The summed E-state index contributed by atoms with van der Waals surface area (Å²) in [5, 5.41) is 0. The van der Waals surface area contributed by atoms with E-state index in [0.717, 1.165) is 18.9 Å². The number of para-hydroxylation sites is 1. The van der Waals surface area contributed by atoms with Gasteiger partial charge in [0.25, 0.3) is 0 Å². The summed E-state index contributed by atoms with van der Waals surface area (Å²) in [6.45, 7) is 5.86. The number of nitrogens with zero attached hydrogens (tertiary/aromatic N) is 1. The van der Waals surface area contributed by atoms with Crippen LogP contribution < -0.4 is 4.74 Å². The molecule has 2 nitrogen and oxygen atoms in total. The molecule has 0 unspecified atom stereocenters. The number of rotatable bonds is 4. The Labute approximate surface area is 86.5 Å². The van der Waals surface area contributed by atoms with Gasteiger partial charge >= 0.3 is 0 Å². The molecule has 0 aliphatic heterocycles. The van der Waals surface area contributed by atoms with Gasteiger partial charge < -0.3 is 9.64 Å². The third kappa shape index (κ3) is 3.04. The Kier molecular flexibility index (Phi) is 3.96. The summed E-state index contributed by atoms with van der Waals surface area (Å²) >= 11 is 0. The average molecular weight is 193 g/mol. The fraction of sp³-hybridized carbons (Fsp3) is 0.500. The zero-order valence-corrected chi connectivity index (χ0v) is 9.50. The highest BCUT2D eigenvalue weighted by Crippen LogP contribution is 2.21. The lowest BCUT2D eigenvalue weighted by Crippen LogP contribution is -2.19. The predicted molar refractivity (Wildman–Crippen MR) is 60.0 cm³/mol. The quantitative estimate of drug-likeness (QED) is 0.727. The van der Waals surface area contributed by atoms with Gasteiger partial charge in [-0.3, -0.25) is 0 Å². The van der Waals surface area contributed by atoms with Crippen molar-refractivity contribution in [1.82, 2.24) is 4.90 Å². The van der Waals surface area contributed by atoms with Crippen molar-refractivity contribution in [3.05, 3.63) is 29.3 Å². The SMILES string of the molecule is Cc1cccc(C)c1OCCN(C)C. The lowest BCUT2D eigenvalue weighted by Gasteiger charge is -2.14. The Hall–Kier alpha value is -1.02. The highest BCUT2D eigenvalue weighted by atomic mass is 16.5. The van der Waals surface area contributed by atoms with Gasteiger partial charge in [0.2, 0.25) is 0 Å². The number of hydrogen-bond acceptors (Lipinski definition) is 2. The molecule has 14 heavy (non-hydrogen) atoms. The van der Waals surface area contributed by atoms with E-state index in [-0.39, 0.29) is 0 Å². The molecule has 1 aromatic carbocycles. The molecule has 0 saturated carbocycles. The number of benzene rings is 1. The Morgan fingerprint density at radius 2 is 1.71 bits per heavy atom. The zero-order valence-electron chi connectivity index (χ0n) is 9.50. The lowest BCUT2D eigenvalue weighted by atomic mass is 10.1. The van der Waals surface area contributed by atoms with Crippen LogP contribution in [0, 0.1) is 13.8 Å². The first-order chi connectivity index (χ1) is 6.61. The molecule has 0 aromatic heterocycles. The van der Waals surface area contributed by atoms with E-state index in [1.165, 1.54) is 11.1 Å². The maximum absolute atomic E-state index is 5.74. The molecular weight excluding hydrogens is 174 g/mol. The van der Waals surface area contributed by atoms with Gasteiger partial charge in [0.1, 0.15) is 12.4 Å². The third-order valence-corrected chi connectivity index (χ3v) is 2.19. The molecular formula is C12H19NO. The van der Waals surface area contributed by atoms with Crippen LogP contribution in [0.4, 0.5) is 0 Å². The van der Waals surface area contributed by atoms with E-state index in [1.54, 1.807) is 0 Å². The summed E-state index contributed by atoms with van der Waals surface area (Å²) in [6, 6.07) is 6.22. The Morgan fingerprint density at radius 1 is 1.14 bits per heavy atom. The summed E-state index contributed by atoms with van der Waals surface area (Å²) < 4.78 is 5.74. The molecule has 0 fully saturated rings. The minimum absolute atomic E-state index is 0.749. The van der Waals surface area contributed by atoms with Crippen molar-refractivity contribution in [1.29, 1.82) is 0 Å². The van der Waals surface area contributed by atoms with Crippen molar-refractivity contribution in [2.45, 2.75) is 13.8 Å². The summed E-state index contributed by atoms with van der Waals surface area (Å²) in [5.41, 5.74) is 2.42. The molecule has 0 atom stereocenters. The standard InChI is InChI=1S/C12H19NO/c1-10-6-5-7-11(2)12(10)14-9-8-13(3)4/h5-7H,8-9H2,1-4H3. The summed E-state index contributed by atoms with van der Waals surface area (Å²) in [5.74, 6) is 1.04. The Balaban J connectivity index is 2.58. The monoisotopic (exact) mass is 193 g/mol. The number of hydrogen-bond donors (Lipinski definition) is 0. The Bertz CT molecular complexity index is 274. The first-order valence-corrected chi connectivity index (χ1v) is 4.95. The van der Waals surface area contributed by atoms with Crippen molar-refractivity contribution >= 4 is 0 Å². The van der Waals surface area contributed by atoms with Gasteiger partial charge in [0.05, 0.1) is 0 Å². The van der Waals surface area contributed by atoms with E-state index in [1.807, 2.05) is 14.1 Å². The summed E-state index contributed by atoms with van der Waals surface area (Å²) in [6.07, 6.45) is 0. The molecule has 0 N–H and O–H groups in total. The fourth-order valence-corrected chi connectivity index (χ4v) is 1.36. The molecule has 0 amide bonds. The van der Waals surface area contributed by atoms with E-state index in [0.29, 0.717) is 0 Å². The van der Waals surface area contributed by atoms with Gasteiger partial charge in [0.15, 0.2) is 0 Å². The van der Waals surface area contributed by atoms with E-state index < -0.39 is 0 Å². The van der Waals surface area contributed by atoms with E-state index in [2.05, 4.69) is 36.9 Å². The van der Waals surface area contributed by atoms with Gasteiger partial charge in [-0.2, -0.15) is 0 Å². The highest BCUT2D eigenvalue weighted by molar-refractivity contribution is 5.39. The van der Waals surface area contributed by atoms with Gasteiger partial charge in [-0.1, -0.05) is 18.2 Å². The fourth-order valence-electron chi connectivity index (χ4n) is 1.36. The molecule has 0 bridgehead atoms. The molecule has 1 aromatic rings. The molecule has 2 heteroatoms. The van der Waals surface area contributed by atoms with Gasteiger partial charge in [-0.05, 0) is 39.1 Å². The number of aryl methyl sites for hydroxylation is 2. The van der Waals surface area contributed by atoms with Crippen LogP contribution in [0.15, 0.2) is 18.2 Å². The first-order valence-electron chi connectivity index (χ1n) is 4.95. The highest BCUT2D eigenvalue weighted by Gasteiger charge is 2.02. The average Bonchev–Trinajstić information content (AvgIpc) is 2.09. The molecule has 0 heterocycles. The van der Waals surface area contributed by atoms with E-state index >= 15 is 0 Å². The van der Waals surface area contributed by atoms with Crippen LogP contribution >= 0.6 is 0 Å². The summed E-state index contributed by atoms with van der Waals surface area (Å²) in [4.78, 5) is 2.12. The van der Waals surface area contributed by atoms with Crippen LogP contribution in [0.3, 0.4) is 0 Å². The van der Waals surface area contributed by atoms with E-state index in [4.69, 9.17) is 4.74 Å². The Morgan fingerprint density at radius 3 is 2.21 bits per heavy atom. The van der Waals surface area contributed by atoms with Crippen LogP contribution in [0.25, 0.3) is 0 Å². The van der Waals surface area contributed by atoms with Gasteiger partial charge in [-0.15, -0.1) is 0 Å². The van der Waals surface area contributed by atoms with Crippen LogP contribution in [0.2, 0.25) is 0 Å². The zero-order chi connectivity index (χ0) is 10.6. The van der Waals surface area contributed by atoms with Gasteiger partial charge in [0, 0.05) is 6.54 Å². The second kappa shape index (κ2) is 5.01. The molecule has 78 valence electrons. The maximum Gasteiger partial charge on any atom is 0.125 e. The number of ether oxygens (including phenoxy) is 1. The topological polar surface area (TPSA) is 12.5 Å². The second-order valence-corrected chi connectivity index (χ2v) is 3.87. The molecule has 0 aliphatic rings. The van der Waals surface area contributed by atoms with Crippen molar-refractivity contribution in [2.75, 3.05) is 27.2 Å². The van der Waals surface area contributed by atoms with Gasteiger partial charge in [-0.25, -0.2) is 0 Å². The molecule has 1 rings (SSSR count). The number of likely N-dealkylation sites (N-methyl/N-ethyl adjacent to an activating group) is 1. The molecule has 0 radical (unpaired) electrons. The first kappa shape index (κ1) is 11.1. The van der Waals surface area contributed by atoms with Crippen LogP contribution in [-0.4, -0.2) is 32.1 Å².